The van der Waals surface area contributed by atoms with Crippen molar-refractivity contribution < 1.29 is 9.59 Å². The molecular formula is C18H13N2O2P. The highest BCUT2D eigenvalue weighted by Crippen LogP contribution is 2.30. The third kappa shape index (κ3) is 3.38. The Hall–Kier alpha value is -2.71. The predicted octanol–water partition coefficient (Wildman–Crippen LogP) is 1.86. The molecule has 0 radical (unpaired) electrons. The largest absolute Gasteiger partial charge is 0.298 e. The highest BCUT2D eigenvalue weighted by molar-refractivity contribution is 7.79. The van der Waals surface area contributed by atoms with Crippen molar-refractivity contribution in [3.05, 3.63) is 78.1 Å². The maximum Gasteiger partial charge on any atom is 0.151 e. The molecule has 112 valence electrons. The highest BCUT2D eigenvalue weighted by atomic mass is 31.1. The summed E-state index contributed by atoms with van der Waals surface area (Å²) in [5, 5.41) is 1.05. The zero-order chi connectivity index (χ0) is 16.1. The summed E-state index contributed by atoms with van der Waals surface area (Å²) in [5.41, 5.74) is 2.96. The fraction of sp³-hybridized carbons (Fsp3) is 0. The molecule has 0 bridgehead atoms. The van der Waals surface area contributed by atoms with E-state index in [-0.39, 0.29) is 0 Å². The summed E-state index contributed by atoms with van der Waals surface area (Å²) in [6.07, 6.45) is 4.92. The first-order valence-electron chi connectivity index (χ1n) is 6.99. The molecule has 23 heavy (non-hydrogen) atoms. The van der Waals surface area contributed by atoms with Crippen LogP contribution < -0.4 is 16.2 Å². The van der Waals surface area contributed by atoms with Gasteiger partial charge in [0, 0.05) is 31.4 Å². The molecule has 0 aliphatic carbocycles. The van der Waals surface area contributed by atoms with Gasteiger partial charge in [-0.3, -0.25) is 19.6 Å². The molecule has 0 saturated carbocycles. The molecule has 4 nitrogen and oxygen atoms in total. The lowest BCUT2D eigenvalue weighted by atomic mass is 10.2. The number of carbonyl (C=O) groups is 2. The average Bonchev–Trinajstić information content (AvgIpc) is 2.64. The smallest absolute Gasteiger partial charge is 0.151 e. The van der Waals surface area contributed by atoms with Gasteiger partial charge in [-0.05, 0) is 29.6 Å². The minimum atomic E-state index is -0.935. The molecule has 2 aromatic heterocycles. The van der Waals surface area contributed by atoms with E-state index >= 15 is 0 Å². The van der Waals surface area contributed by atoms with E-state index in [1.165, 1.54) is 0 Å². The summed E-state index contributed by atoms with van der Waals surface area (Å²) in [7, 11) is -0.935. The van der Waals surface area contributed by atoms with Gasteiger partial charge in [-0.1, -0.05) is 30.3 Å². The second-order valence-electron chi connectivity index (χ2n) is 4.80. The number of benzene rings is 1. The van der Waals surface area contributed by atoms with E-state index in [0.29, 0.717) is 11.1 Å². The monoisotopic (exact) mass is 320 g/mol. The van der Waals surface area contributed by atoms with E-state index in [1.807, 2.05) is 36.4 Å². The van der Waals surface area contributed by atoms with Crippen molar-refractivity contribution in [3.8, 4) is 0 Å². The van der Waals surface area contributed by atoms with Gasteiger partial charge in [-0.15, -0.1) is 0 Å². The van der Waals surface area contributed by atoms with Gasteiger partial charge < -0.3 is 0 Å². The Morgan fingerprint density at radius 2 is 1.43 bits per heavy atom. The van der Waals surface area contributed by atoms with E-state index in [9.17, 15) is 9.59 Å². The van der Waals surface area contributed by atoms with Crippen molar-refractivity contribution in [2.45, 2.75) is 0 Å². The van der Waals surface area contributed by atoms with Gasteiger partial charge in [0.25, 0.3) is 0 Å². The van der Waals surface area contributed by atoms with Crippen molar-refractivity contribution in [3.63, 3.8) is 0 Å². The molecule has 0 aliphatic heterocycles. The normalized spacial score (nSPS) is 11.7. The van der Waals surface area contributed by atoms with Gasteiger partial charge in [-0.2, -0.15) is 0 Å². The number of aldehydes is 2. The summed E-state index contributed by atoms with van der Waals surface area (Å²) >= 11 is 0. The fourth-order valence-corrected chi connectivity index (χ4v) is 4.19. The van der Waals surface area contributed by atoms with Crippen molar-refractivity contribution in [2.75, 3.05) is 0 Å². The van der Waals surface area contributed by atoms with Gasteiger partial charge in [0.15, 0.2) is 6.29 Å². The molecular weight excluding hydrogens is 307 g/mol. The van der Waals surface area contributed by atoms with E-state index in [4.69, 9.17) is 0 Å². The van der Waals surface area contributed by atoms with Crippen LogP contribution in [0.15, 0.2) is 67.0 Å². The van der Waals surface area contributed by atoms with Gasteiger partial charge in [0.05, 0.1) is 10.9 Å². The summed E-state index contributed by atoms with van der Waals surface area (Å²) in [6.45, 7) is 0. The van der Waals surface area contributed by atoms with Crippen LogP contribution in [0.5, 0.6) is 0 Å². The van der Waals surface area contributed by atoms with Crippen molar-refractivity contribution in [2.24, 2.45) is 0 Å². The Morgan fingerprint density at radius 3 is 2.00 bits per heavy atom. The van der Waals surface area contributed by atoms with Gasteiger partial charge >= 0.3 is 0 Å². The number of hydrogen-bond acceptors (Lipinski definition) is 4. The van der Waals surface area contributed by atoms with Gasteiger partial charge in [0.2, 0.25) is 0 Å². The minimum Gasteiger partial charge on any atom is -0.298 e. The Balaban J connectivity index is 2.08. The summed E-state index contributed by atoms with van der Waals surface area (Å²) in [5.74, 6) is 0. The molecule has 1 atom stereocenters. The maximum absolute atomic E-state index is 10.8. The molecule has 3 aromatic rings. The topological polar surface area (TPSA) is 59.9 Å². The highest BCUT2D eigenvalue weighted by Gasteiger charge is 2.19. The molecule has 1 unspecified atom stereocenters. The number of aromatic nitrogens is 2. The first-order chi connectivity index (χ1) is 11.3. The predicted molar refractivity (Wildman–Crippen MR) is 91.5 cm³/mol. The molecule has 0 aliphatic rings. The Labute approximate surface area is 135 Å². The van der Waals surface area contributed by atoms with Gasteiger partial charge in [0.1, 0.15) is 6.29 Å². The minimum absolute atomic E-state index is 0.543. The second kappa shape index (κ2) is 7.03. The zero-order valence-electron chi connectivity index (χ0n) is 12.2. The lowest BCUT2D eigenvalue weighted by Gasteiger charge is -2.17. The average molecular weight is 320 g/mol. The van der Waals surface area contributed by atoms with Crippen LogP contribution in [0.4, 0.5) is 0 Å². The quantitative estimate of drug-likeness (QED) is 0.532. The van der Waals surface area contributed by atoms with Crippen LogP contribution in [-0.2, 0) is 0 Å². The number of pyridine rings is 2. The van der Waals surface area contributed by atoms with Crippen molar-refractivity contribution >= 4 is 36.7 Å². The first kappa shape index (κ1) is 15.2. The maximum atomic E-state index is 10.8. The van der Waals surface area contributed by atoms with E-state index < -0.39 is 7.92 Å². The lowest BCUT2D eigenvalue weighted by Crippen LogP contribution is -2.24. The molecule has 2 heterocycles. The Bertz CT molecular complexity index is 751. The van der Waals surface area contributed by atoms with E-state index in [1.54, 1.807) is 30.6 Å². The number of nitrogens with zero attached hydrogens (tertiary/aromatic N) is 2. The summed E-state index contributed by atoms with van der Waals surface area (Å²) in [6, 6.07) is 16.8. The standard InChI is InChI=1S/C18H13N2O2P/c21-12-14-4-7-16(8-5-14)23(17-3-1-2-10-19-17)18-9-6-15(13-22)11-20-18/h1-13H. The third-order valence-corrected chi connectivity index (χ3v) is 5.56. The molecule has 0 fully saturated rings. The molecule has 5 heteroatoms. The molecule has 3 rings (SSSR count). The van der Waals surface area contributed by atoms with Crippen LogP contribution >= 0.6 is 7.92 Å². The molecule has 0 amide bonds. The molecule has 0 saturated heterocycles. The number of hydrogen-bond donors (Lipinski definition) is 0. The number of rotatable bonds is 5. The third-order valence-electron chi connectivity index (χ3n) is 3.30. The van der Waals surface area contributed by atoms with Gasteiger partial charge in [-0.25, -0.2) is 0 Å². The van der Waals surface area contributed by atoms with Crippen molar-refractivity contribution in [1.29, 1.82) is 0 Å². The van der Waals surface area contributed by atoms with Crippen LogP contribution in [0.25, 0.3) is 0 Å². The molecule has 0 spiro atoms. The zero-order valence-corrected chi connectivity index (χ0v) is 13.1. The van der Waals surface area contributed by atoms with Crippen LogP contribution in [0.3, 0.4) is 0 Å². The van der Waals surface area contributed by atoms with E-state index in [0.717, 1.165) is 28.7 Å². The van der Waals surface area contributed by atoms with Crippen LogP contribution in [0.2, 0.25) is 0 Å². The Kier molecular flexibility index (Phi) is 4.65. The SMILES string of the molecule is O=Cc1ccc(P(c2ccccn2)c2ccc(C=O)cn2)cc1. The molecule has 1 aromatic carbocycles. The second-order valence-corrected chi connectivity index (χ2v) is 6.90. The fourth-order valence-electron chi connectivity index (χ4n) is 2.17. The summed E-state index contributed by atoms with van der Waals surface area (Å²) in [4.78, 5) is 30.6. The van der Waals surface area contributed by atoms with Crippen LogP contribution in [-0.4, -0.2) is 22.5 Å². The van der Waals surface area contributed by atoms with Crippen molar-refractivity contribution in [1.82, 2.24) is 9.97 Å². The number of carbonyl (C=O) groups excluding carboxylic acids is 2. The van der Waals surface area contributed by atoms with Crippen LogP contribution in [0.1, 0.15) is 20.7 Å². The van der Waals surface area contributed by atoms with Crippen LogP contribution in [0, 0.1) is 0 Å². The first-order valence-corrected chi connectivity index (χ1v) is 8.33. The Morgan fingerprint density at radius 1 is 0.739 bits per heavy atom. The van der Waals surface area contributed by atoms with E-state index in [2.05, 4.69) is 9.97 Å². The molecule has 0 N–H and O–H groups in total. The lowest BCUT2D eigenvalue weighted by molar-refractivity contribution is 0.111. The summed E-state index contributed by atoms with van der Waals surface area (Å²) < 4.78 is 0.